The van der Waals surface area contributed by atoms with E-state index in [2.05, 4.69) is 10.6 Å². The zero-order valence-electron chi connectivity index (χ0n) is 13.5. The van der Waals surface area contributed by atoms with Crippen molar-refractivity contribution in [3.8, 4) is 0 Å². The van der Waals surface area contributed by atoms with Gasteiger partial charge in [0.05, 0.1) is 10.0 Å². The van der Waals surface area contributed by atoms with E-state index in [1.807, 2.05) is 0 Å². The van der Waals surface area contributed by atoms with Crippen molar-refractivity contribution in [1.29, 1.82) is 0 Å². The third-order valence-corrected chi connectivity index (χ3v) is 5.02. The van der Waals surface area contributed by atoms with Crippen LogP contribution < -0.4 is 10.6 Å². The molecule has 0 unspecified atom stereocenters. The summed E-state index contributed by atoms with van der Waals surface area (Å²) in [5, 5.41) is 6.58. The monoisotopic (exact) mass is 376 g/mol. The van der Waals surface area contributed by atoms with E-state index in [0.717, 1.165) is 12.8 Å². The molecule has 2 aromatic carbocycles. The van der Waals surface area contributed by atoms with E-state index in [4.69, 9.17) is 23.2 Å². The number of rotatable bonds is 4. The molecule has 0 atom stereocenters. The van der Waals surface area contributed by atoms with Crippen LogP contribution in [0.3, 0.4) is 0 Å². The summed E-state index contributed by atoms with van der Waals surface area (Å²) < 4.78 is 0. The van der Waals surface area contributed by atoms with E-state index in [1.165, 1.54) is 12.8 Å². The maximum atomic E-state index is 12.3. The standard InChI is InChI=1S/C19H18Cl2N2O2/c20-16-10-9-15(11-17(16)21)23-19(25)13-7-5-12(6-8-13)18(24)22-14-3-1-2-4-14/h5-11,14H,1-4H2,(H,22,24)(H,23,25). The van der Waals surface area contributed by atoms with Crippen LogP contribution in [0.1, 0.15) is 46.4 Å². The third kappa shape index (κ3) is 4.53. The summed E-state index contributed by atoms with van der Waals surface area (Å²) in [7, 11) is 0. The highest BCUT2D eigenvalue weighted by molar-refractivity contribution is 6.42. The van der Waals surface area contributed by atoms with Crippen molar-refractivity contribution >= 4 is 40.7 Å². The Morgan fingerprint density at radius 3 is 2.04 bits per heavy atom. The summed E-state index contributed by atoms with van der Waals surface area (Å²) >= 11 is 11.8. The van der Waals surface area contributed by atoms with E-state index in [0.29, 0.717) is 26.9 Å². The highest BCUT2D eigenvalue weighted by Crippen LogP contribution is 2.25. The fourth-order valence-electron chi connectivity index (χ4n) is 2.89. The number of hydrogen-bond donors (Lipinski definition) is 2. The van der Waals surface area contributed by atoms with Crippen LogP contribution in [0.15, 0.2) is 42.5 Å². The van der Waals surface area contributed by atoms with Crippen molar-refractivity contribution in [2.75, 3.05) is 5.32 Å². The quantitative estimate of drug-likeness (QED) is 0.795. The fraction of sp³-hybridized carbons (Fsp3) is 0.263. The van der Waals surface area contributed by atoms with Gasteiger partial charge < -0.3 is 10.6 Å². The topological polar surface area (TPSA) is 58.2 Å². The van der Waals surface area contributed by atoms with Gasteiger partial charge in [-0.15, -0.1) is 0 Å². The fourth-order valence-corrected chi connectivity index (χ4v) is 3.19. The molecule has 0 aliphatic heterocycles. The molecule has 0 saturated heterocycles. The minimum atomic E-state index is -0.277. The highest BCUT2D eigenvalue weighted by Gasteiger charge is 2.18. The number of carbonyl (C=O) groups is 2. The average Bonchev–Trinajstić information content (AvgIpc) is 3.11. The molecule has 1 aliphatic carbocycles. The second-order valence-electron chi connectivity index (χ2n) is 6.12. The molecule has 4 nitrogen and oxygen atoms in total. The first-order chi connectivity index (χ1) is 12.0. The van der Waals surface area contributed by atoms with E-state index in [-0.39, 0.29) is 17.9 Å². The SMILES string of the molecule is O=C(Nc1ccc(Cl)c(Cl)c1)c1ccc(C(=O)NC2CCCC2)cc1. The van der Waals surface area contributed by atoms with Crippen LogP contribution in [-0.2, 0) is 0 Å². The van der Waals surface area contributed by atoms with Gasteiger partial charge in [-0.2, -0.15) is 0 Å². The van der Waals surface area contributed by atoms with Gasteiger partial charge in [0.15, 0.2) is 0 Å². The smallest absolute Gasteiger partial charge is 0.255 e. The molecule has 25 heavy (non-hydrogen) atoms. The Kier molecular flexibility index (Phi) is 5.61. The molecule has 130 valence electrons. The molecule has 0 bridgehead atoms. The van der Waals surface area contributed by atoms with Gasteiger partial charge in [0.25, 0.3) is 11.8 Å². The number of carbonyl (C=O) groups excluding carboxylic acids is 2. The minimum absolute atomic E-state index is 0.0941. The van der Waals surface area contributed by atoms with Crippen LogP contribution in [0, 0.1) is 0 Å². The summed E-state index contributed by atoms with van der Waals surface area (Å²) in [6, 6.07) is 11.7. The van der Waals surface area contributed by atoms with Crippen molar-refractivity contribution in [3.63, 3.8) is 0 Å². The van der Waals surface area contributed by atoms with Crippen LogP contribution in [0.25, 0.3) is 0 Å². The Morgan fingerprint density at radius 2 is 1.44 bits per heavy atom. The molecule has 2 aromatic rings. The predicted molar refractivity (Wildman–Crippen MR) is 101 cm³/mol. The number of amides is 2. The molecule has 6 heteroatoms. The molecule has 2 amide bonds. The van der Waals surface area contributed by atoms with Crippen LogP contribution in [0.2, 0.25) is 10.0 Å². The first-order valence-corrected chi connectivity index (χ1v) is 8.96. The molecular weight excluding hydrogens is 359 g/mol. The lowest BCUT2D eigenvalue weighted by Crippen LogP contribution is -2.32. The Balaban J connectivity index is 1.63. The lowest BCUT2D eigenvalue weighted by molar-refractivity contribution is 0.0936. The van der Waals surface area contributed by atoms with Gasteiger partial charge in [-0.25, -0.2) is 0 Å². The zero-order chi connectivity index (χ0) is 17.8. The highest BCUT2D eigenvalue weighted by atomic mass is 35.5. The molecule has 1 aliphatic rings. The molecule has 0 heterocycles. The van der Waals surface area contributed by atoms with Gasteiger partial charge in [0.1, 0.15) is 0 Å². The molecule has 2 N–H and O–H groups in total. The van der Waals surface area contributed by atoms with Crippen LogP contribution in [0.5, 0.6) is 0 Å². The summed E-state index contributed by atoms with van der Waals surface area (Å²) in [6.45, 7) is 0. The Hall–Kier alpha value is -2.04. The molecule has 3 rings (SSSR count). The summed E-state index contributed by atoms with van der Waals surface area (Å²) in [4.78, 5) is 24.5. The van der Waals surface area contributed by atoms with Crippen molar-refractivity contribution in [2.45, 2.75) is 31.7 Å². The van der Waals surface area contributed by atoms with Crippen molar-refractivity contribution in [3.05, 3.63) is 63.6 Å². The first-order valence-electron chi connectivity index (χ1n) is 8.20. The normalized spacial score (nSPS) is 14.3. The lowest BCUT2D eigenvalue weighted by atomic mass is 10.1. The number of anilines is 1. The second-order valence-corrected chi connectivity index (χ2v) is 6.93. The van der Waals surface area contributed by atoms with Crippen molar-refractivity contribution < 1.29 is 9.59 Å². The molecule has 0 aromatic heterocycles. The van der Waals surface area contributed by atoms with Crippen LogP contribution in [-0.4, -0.2) is 17.9 Å². The third-order valence-electron chi connectivity index (χ3n) is 4.28. The predicted octanol–water partition coefficient (Wildman–Crippen LogP) is 4.92. The van der Waals surface area contributed by atoms with Crippen LogP contribution in [0.4, 0.5) is 5.69 Å². The van der Waals surface area contributed by atoms with Gasteiger partial charge >= 0.3 is 0 Å². The van der Waals surface area contributed by atoms with Gasteiger partial charge in [0.2, 0.25) is 0 Å². The van der Waals surface area contributed by atoms with Gasteiger partial charge in [-0.3, -0.25) is 9.59 Å². The maximum absolute atomic E-state index is 12.3. The van der Waals surface area contributed by atoms with Crippen molar-refractivity contribution in [1.82, 2.24) is 5.32 Å². The second kappa shape index (κ2) is 7.89. The Morgan fingerprint density at radius 1 is 0.840 bits per heavy atom. The van der Waals surface area contributed by atoms with E-state index < -0.39 is 0 Å². The van der Waals surface area contributed by atoms with Gasteiger partial charge in [-0.05, 0) is 55.3 Å². The molecule has 1 fully saturated rings. The minimum Gasteiger partial charge on any atom is -0.349 e. The summed E-state index contributed by atoms with van der Waals surface area (Å²) in [6.07, 6.45) is 4.41. The summed E-state index contributed by atoms with van der Waals surface area (Å²) in [5.74, 6) is -0.371. The lowest BCUT2D eigenvalue weighted by Gasteiger charge is -2.12. The molecule has 0 spiro atoms. The number of benzene rings is 2. The molecule has 1 saturated carbocycles. The van der Waals surface area contributed by atoms with E-state index in [1.54, 1.807) is 42.5 Å². The van der Waals surface area contributed by atoms with Gasteiger partial charge in [-0.1, -0.05) is 36.0 Å². The number of halogens is 2. The first kappa shape index (κ1) is 17.8. The number of nitrogens with one attached hydrogen (secondary N) is 2. The molecule has 0 radical (unpaired) electrons. The maximum Gasteiger partial charge on any atom is 0.255 e. The van der Waals surface area contributed by atoms with Crippen molar-refractivity contribution in [2.24, 2.45) is 0 Å². The van der Waals surface area contributed by atoms with Gasteiger partial charge in [0, 0.05) is 22.9 Å². The van der Waals surface area contributed by atoms with Crippen LogP contribution >= 0.6 is 23.2 Å². The largest absolute Gasteiger partial charge is 0.349 e. The van der Waals surface area contributed by atoms with E-state index >= 15 is 0 Å². The molecular formula is C19H18Cl2N2O2. The summed E-state index contributed by atoms with van der Waals surface area (Å²) in [5.41, 5.74) is 1.57. The zero-order valence-corrected chi connectivity index (χ0v) is 15.0. The Bertz CT molecular complexity index is 785. The average molecular weight is 377 g/mol. The van der Waals surface area contributed by atoms with E-state index in [9.17, 15) is 9.59 Å². The Labute approximate surface area is 156 Å². The number of hydrogen-bond acceptors (Lipinski definition) is 2.